The Balaban J connectivity index is 1.85. The zero-order valence-electron chi connectivity index (χ0n) is 13.4. The second-order valence-electron chi connectivity index (χ2n) is 6.53. The van der Waals surface area contributed by atoms with E-state index in [1.54, 1.807) is 0 Å². The van der Waals surface area contributed by atoms with Crippen LogP contribution >= 0.6 is 0 Å². The van der Waals surface area contributed by atoms with E-state index in [1.165, 1.54) is 16.1 Å². The molecule has 2 aliphatic heterocycles. The van der Waals surface area contributed by atoms with Crippen LogP contribution in [0.15, 0.2) is 72.9 Å². The normalized spacial score (nSPS) is 16.6. The highest BCUT2D eigenvalue weighted by atomic mass is 15.1. The Morgan fingerprint density at radius 3 is 2.72 bits per heavy atom. The molecule has 6 rings (SSSR count). The zero-order valence-corrected chi connectivity index (χ0v) is 13.4. The molecule has 2 aromatic carbocycles. The van der Waals surface area contributed by atoms with Crippen molar-refractivity contribution in [1.29, 1.82) is 0 Å². The molecule has 1 atom stereocenters. The number of aromatic nitrogens is 2. The Hall–Kier alpha value is -3.33. The molecule has 0 saturated carbocycles. The van der Waals surface area contributed by atoms with Crippen molar-refractivity contribution in [3.8, 4) is 11.1 Å². The van der Waals surface area contributed by atoms with Crippen LogP contribution in [0.2, 0.25) is 0 Å². The van der Waals surface area contributed by atoms with Crippen molar-refractivity contribution < 1.29 is 0 Å². The van der Waals surface area contributed by atoms with Gasteiger partial charge in [-0.1, -0.05) is 42.5 Å². The minimum Gasteiger partial charge on any atom is -0.256 e. The fraction of sp³-hybridized carbons (Fsp3) is 0.0455. The van der Waals surface area contributed by atoms with Crippen LogP contribution in [0.4, 0.5) is 5.82 Å². The third-order valence-corrected chi connectivity index (χ3v) is 5.15. The lowest BCUT2D eigenvalue weighted by molar-refractivity contribution is 0.651. The lowest BCUT2D eigenvalue weighted by atomic mass is 9.94. The Morgan fingerprint density at radius 2 is 1.72 bits per heavy atom. The molecule has 2 aliphatic rings. The fourth-order valence-electron chi connectivity index (χ4n) is 4.06. The molecule has 0 saturated heterocycles. The highest BCUT2D eigenvalue weighted by Gasteiger charge is 2.38. The molecule has 25 heavy (non-hydrogen) atoms. The standard InChI is InChI=1S/C22H14N3/c1-3-9-18-14(6-1)12-17-16-8-5-11-23-21(16)20-13-15-7-2-4-10-19(15)25(20)22(17)24-18/h1-13,20H/q+1. The molecule has 0 aliphatic carbocycles. The molecule has 2 aromatic heterocycles. The molecule has 0 radical (unpaired) electrons. The smallest absolute Gasteiger partial charge is 0.256 e. The highest BCUT2D eigenvalue weighted by Crippen LogP contribution is 2.42. The number of fused-ring (bicyclic) bond motifs is 8. The SMILES string of the molecule is C1=c2ccccc2=[N+]2c3nc4ccccc4cc3-c3cccnc3C12. The Labute approximate surface area is 144 Å². The van der Waals surface area contributed by atoms with Gasteiger partial charge in [-0.05, 0) is 35.3 Å². The van der Waals surface area contributed by atoms with Crippen LogP contribution in [0, 0.1) is 0 Å². The molecule has 0 fully saturated rings. The number of rotatable bonds is 0. The van der Waals surface area contributed by atoms with E-state index in [2.05, 4.69) is 65.2 Å². The van der Waals surface area contributed by atoms with Crippen molar-refractivity contribution in [2.45, 2.75) is 6.04 Å². The number of benzene rings is 2. The quantitative estimate of drug-likeness (QED) is 0.466. The summed E-state index contributed by atoms with van der Waals surface area (Å²) in [6.07, 6.45) is 4.17. The summed E-state index contributed by atoms with van der Waals surface area (Å²) in [6.45, 7) is 0. The number of para-hydroxylation sites is 2. The first-order chi connectivity index (χ1) is 12.4. The lowest BCUT2D eigenvalue weighted by Crippen LogP contribution is -2.34. The fourth-order valence-corrected chi connectivity index (χ4v) is 4.06. The Bertz CT molecular complexity index is 1300. The van der Waals surface area contributed by atoms with E-state index in [-0.39, 0.29) is 6.04 Å². The van der Waals surface area contributed by atoms with Crippen LogP contribution in [0.25, 0.3) is 28.1 Å². The third kappa shape index (κ3) is 1.67. The largest absolute Gasteiger partial charge is 0.332 e. The summed E-state index contributed by atoms with van der Waals surface area (Å²) in [7, 11) is 0. The molecule has 1 unspecified atom stereocenters. The van der Waals surface area contributed by atoms with Gasteiger partial charge in [0.05, 0.1) is 11.3 Å². The van der Waals surface area contributed by atoms with Gasteiger partial charge < -0.3 is 0 Å². The van der Waals surface area contributed by atoms with Gasteiger partial charge in [-0.3, -0.25) is 4.98 Å². The van der Waals surface area contributed by atoms with E-state index in [9.17, 15) is 0 Å². The minimum absolute atomic E-state index is 0.106. The molecular formula is C22H14N3+. The first-order valence-electron chi connectivity index (χ1n) is 8.48. The molecule has 3 nitrogen and oxygen atoms in total. The summed E-state index contributed by atoms with van der Waals surface area (Å²) in [4.78, 5) is 9.76. The van der Waals surface area contributed by atoms with E-state index in [4.69, 9.17) is 9.97 Å². The Kier molecular flexibility index (Phi) is 2.40. The monoisotopic (exact) mass is 320 g/mol. The van der Waals surface area contributed by atoms with Crippen LogP contribution in [0.1, 0.15) is 11.7 Å². The van der Waals surface area contributed by atoms with Crippen molar-refractivity contribution in [2.75, 3.05) is 0 Å². The molecule has 4 heterocycles. The minimum atomic E-state index is 0.106. The zero-order chi connectivity index (χ0) is 16.4. The summed E-state index contributed by atoms with van der Waals surface area (Å²) in [5, 5.41) is 3.60. The predicted molar refractivity (Wildman–Crippen MR) is 98.8 cm³/mol. The molecule has 116 valence electrons. The van der Waals surface area contributed by atoms with Crippen LogP contribution < -0.4 is 15.2 Å². The van der Waals surface area contributed by atoms with Gasteiger partial charge in [0.15, 0.2) is 11.6 Å². The first kappa shape index (κ1) is 13.0. The van der Waals surface area contributed by atoms with Crippen molar-refractivity contribution in [3.63, 3.8) is 0 Å². The number of hydrogen-bond donors (Lipinski definition) is 0. The summed E-state index contributed by atoms with van der Waals surface area (Å²) < 4.78 is 2.33. The van der Waals surface area contributed by atoms with Gasteiger partial charge in [-0.2, -0.15) is 0 Å². The average molecular weight is 320 g/mol. The maximum Gasteiger partial charge on any atom is 0.332 e. The van der Waals surface area contributed by atoms with Gasteiger partial charge in [0, 0.05) is 22.4 Å². The van der Waals surface area contributed by atoms with Crippen molar-refractivity contribution in [3.05, 3.63) is 89.2 Å². The van der Waals surface area contributed by atoms with Crippen molar-refractivity contribution >= 4 is 22.8 Å². The van der Waals surface area contributed by atoms with Crippen molar-refractivity contribution in [1.82, 2.24) is 14.5 Å². The van der Waals surface area contributed by atoms with E-state index in [0.29, 0.717) is 0 Å². The number of hydrogen-bond acceptors (Lipinski definition) is 2. The van der Waals surface area contributed by atoms with E-state index in [1.807, 2.05) is 18.3 Å². The summed E-state index contributed by atoms with van der Waals surface area (Å²) in [6, 6.07) is 23.3. The maximum absolute atomic E-state index is 5.03. The van der Waals surface area contributed by atoms with Gasteiger partial charge in [0.1, 0.15) is 5.36 Å². The molecule has 0 bridgehead atoms. The first-order valence-corrected chi connectivity index (χ1v) is 8.48. The lowest BCUT2D eigenvalue weighted by Gasteiger charge is -2.21. The van der Waals surface area contributed by atoms with Gasteiger partial charge in [-0.15, -0.1) is 0 Å². The average Bonchev–Trinajstić information content (AvgIpc) is 3.07. The molecule has 4 aromatic rings. The predicted octanol–water partition coefficient (Wildman–Crippen LogP) is 2.97. The topological polar surface area (TPSA) is 28.8 Å². The van der Waals surface area contributed by atoms with Crippen LogP contribution in [-0.4, -0.2) is 9.97 Å². The Morgan fingerprint density at radius 1 is 0.840 bits per heavy atom. The highest BCUT2D eigenvalue weighted by molar-refractivity contribution is 5.91. The van der Waals surface area contributed by atoms with E-state index >= 15 is 0 Å². The second-order valence-corrected chi connectivity index (χ2v) is 6.53. The molecule has 3 heteroatoms. The van der Waals surface area contributed by atoms with E-state index in [0.717, 1.165) is 28.0 Å². The van der Waals surface area contributed by atoms with Crippen LogP contribution in [0.3, 0.4) is 0 Å². The van der Waals surface area contributed by atoms with Gasteiger partial charge in [0.25, 0.3) is 0 Å². The van der Waals surface area contributed by atoms with Gasteiger partial charge >= 0.3 is 5.82 Å². The summed E-state index contributed by atoms with van der Waals surface area (Å²) in [5.41, 5.74) is 4.46. The number of pyridine rings is 2. The van der Waals surface area contributed by atoms with Gasteiger partial charge in [-0.25, -0.2) is 4.58 Å². The molecule has 0 spiro atoms. The molecule has 0 amide bonds. The molecule has 0 N–H and O–H groups in total. The van der Waals surface area contributed by atoms with Gasteiger partial charge in [0.2, 0.25) is 0 Å². The van der Waals surface area contributed by atoms with Crippen molar-refractivity contribution in [2.24, 2.45) is 0 Å². The third-order valence-electron chi connectivity index (χ3n) is 5.15. The second kappa shape index (κ2) is 4.61. The molecular weight excluding hydrogens is 306 g/mol. The number of nitrogens with zero attached hydrogens (tertiary/aromatic N) is 3. The summed E-state index contributed by atoms with van der Waals surface area (Å²) in [5.74, 6) is 1.02. The van der Waals surface area contributed by atoms with Crippen LogP contribution in [0.5, 0.6) is 0 Å². The van der Waals surface area contributed by atoms with Crippen LogP contribution in [-0.2, 0) is 0 Å². The summed E-state index contributed by atoms with van der Waals surface area (Å²) >= 11 is 0. The maximum atomic E-state index is 5.03. The van der Waals surface area contributed by atoms with E-state index < -0.39 is 0 Å².